The Morgan fingerprint density at radius 2 is 1.41 bits per heavy atom. The third kappa shape index (κ3) is 5.34. The molecule has 10 nitrogen and oxygen atoms in total. The molecule has 0 fully saturated rings. The molecule has 0 bridgehead atoms. The van der Waals surface area contributed by atoms with Crippen LogP contribution in [0.2, 0.25) is 10.0 Å². The molecule has 0 amide bonds. The van der Waals surface area contributed by atoms with Crippen LogP contribution in [0.5, 0.6) is 11.5 Å². The van der Waals surface area contributed by atoms with Crippen molar-refractivity contribution < 1.29 is 28.9 Å². The Kier molecular flexibility index (Phi) is 6.98. The van der Waals surface area contributed by atoms with Crippen LogP contribution >= 0.6 is 23.2 Å². The number of halogens is 2. The van der Waals surface area contributed by atoms with Gasteiger partial charge in [0.1, 0.15) is 11.5 Å². The van der Waals surface area contributed by atoms with E-state index in [1.807, 2.05) is 27.7 Å². The second-order valence-corrected chi connectivity index (χ2v) is 13.0. The van der Waals surface area contributed by atoms with Crippen LogP contribution in [0, 0.1) is 31.1 Å². The predicted octanol–water partition coefficient (Wildman–Crippen LogP) is 8.00. The van der Waals surface area contributed by atoms with Crippen LogP contribution in [0.3, 0.4) is 0 Å². The Balaban J connectivity index is 1.75. The van der Waals surface area contributed by atoms with E-state index in [2.05, 4.69) is 0 Å². The average Bonchev–Trinajstić information content (AvgIpc) is 2.82. The highest BCUT2D eigenvalue weighted by atomic mass is 35.5. The van der Waals surface area contributed by atoms with Crippen LogP contribution in [0.1, 0.15) is 64.9 Å². The first-order chi connectivity index (χ1) is 19.1. The number of nitrogens with zero attached hydrogens (tertiary/aromatic N) is 2. The first-order valence-corrected chi connectivity index (χ1v) is 13.6. The van der Waals surface area contributed by atoms with E-state index in [1.54, 1.807) is 0 Å². The summed E-state index contributed by atoms with van der Waals surface area (Å²) < 4.78 is 12.3. The summed E-state index contributed by atoms with van der Waals surface area (Å²) in [6, 6.07) is 5.86. The van der Waals surface area contributed by atoms with Gasteiger partial charge < -0.3 is 9.47 Å². The van der Waals surface area contributed by atoms with Gasteiger partial charge in [-0.2, -0.15) is 0 Å². The monoisotopic (exact) mass is 600 g/mol. The highest BCUT2D eigenvalue weighted by Gasteiger charge is 2.49. The molecule has 0 unspecified atom stereocenters. The van der Waals surface area contributed by atoms with Gasteiger partial charge in [-0.1, -0.05) is 50.9 Å². The van der Waals surface area contributed by atoms with Crippen molar-refractivity contribution in [3.63, 3.8) is 0 Å². The van der Waals surface area contributed by atoms with Gasteiger partial charge in [0.2, 0.25) is 5.75 Å². The zero-order valence-electron chi connectivity index (χ0n) is 22.7. The minimum Gasteiger partial charge on any atom is -0.465 e. The number of hydrogen-bond acceptors (Lipinski definition) is 8. The fourth-order valence-corrected chi connectivity index (χ4v) is 6.39. The average molecular weight is 601 g/mol. The van der Waals surface area contributed by atoms with Crippen molar-refractivity contribution in [1.29, 1.82) is 0 Å². The molecule has 0 aromatic heterocycles. The molecular weight excluding hydrogens is 575 g/mol. The zero-order valence-corrected chi connectivity index (χ0v) is 24.2. The van der Waals surface area contributed by atoms with E-state index in [0.29, 0.717) is 35.5 Å². The molecule has 1 aliphatic heterocycles. The molecule has 3 aliphatic rings. The fourth-order valence-electron chi connectivity index (χ4n) is 5.85. The smallest absolute Gasteiger partial charge is 0.318 e. The Morgan fingerprint density at radius 1 is 0.854 bits per heavy atom. The van der Waals surface area contributed by atoms with Gasteiger partial charge in [-0.25, -0.2) is 0 Å². The summed E-state index contributed by atoms with van der Waals surface area (Å²) in [6.07, 6.45) is 1.33. The van der Waals surface area contributed by atoms with Crippen LogP contribution in [0.15, 0.2) is 53.0 Å². The van der Waals surface area contributed by atoms with Crippen LogP contribution < -0.4 is 4.74 Å². The second-order valence-electron chi connectivity index (χ2n) is 12.2. The van der Waals surface area contributed by atoms with Crippen molar-refractivity contribution in [1.82, 2.24) is 0 Å². The molecule has 5 rings (SSSR count). The standard InChI is InChI=1S/C29H26Cl2N2O8/c1-28(2)10-19(34)25-22(12-28)40-23-13-29(3,4)11-20(35)26(23)24(25)16-7-14(30)8-17(31)27(16)41-21-6-5-15(32(36)37)9-18(21)33(38)39/h5-9,24H,10-13H2,1-4H3. The number of ketones is 2. The molecule has 2 aromatic carbocycles. The minimum atomic E-state index is -0.941. The van der Waals surface area contributed by atoms with Crippen molar-refractivity contribution in [2.45, 2.75) is 59.3 Å². The van der Waals surface area contributed by atoms with Crippen molar-refractivity contribution in [2.24, 2.45) is 10.8 Å². The van der Waals surface area contributed by atoms with Crippen LogP contribution in [0.25, 0.3) is 0 Å². The molecule has 0 radical (unpaired) electrons. The number of nitro benzene ring substituents is 2. The van der Waals surface area contributed by atoms with Gasteiger partial charge in [-0.3, -0.25) is 29.8 Å². The second kappa shape index (κ2) is 9.95. The lowest BCUT2D eigenvalue weighted by atomic mass is 9.65. The van der Waals surface area contributed by atoms with Crippen molar-refractivity contribution in [3.05, 3.63) is 88.8 Å². The lowest BCUT2D eigenvalue weighted by molar-refractivity contribution is -0.394. The highest BCUT2D eigenvalue weighted by molar-refractivity contribution is 6.35. The number of rotatable bonds is 5. The van der Waals surface area contributed by atoms with Crippen molar-refractivity contribution >= 4 is 46.1 Å². The first-order valence-electron chi connectivity index (χ1n) is 12.9. The van der Waals surface area contributed by atoms with Crippen LogP contribution in [0.4, 0.5) is 11.4 Å². The number of allylic oxidation sites excluding steroid dienone is 4. The van der Waals surface area contributed by atoms with Crippen LogP contribution in [-0.2, 0) is 14.3 Å². The van der Waals surface area contributed by atoms with E-state index in [-0.39, 0.29) is 62.3 Å². The number of ether oxygens (including phenoxy) is 2. The quantitative estimate of drug-likeness (QED) is 0.248. The number of nitro groups is 2. The number of non-ortho nitro benzene ring substituents is 1. The van der Waals surface area contributed by atoms with Gasteiger partial charge in [0.15, 0.2) is 17.3 Å². The molecule has 2 aromatic rings. The summed E-state index contributed by atoms with van der Waals surface area (Å²) in [6.45, 7) is 7.85. The third-order valence-corrected chi connectivity index (χ3v) is 7.99. The highest BCUT2D eigenvalue weighted by Crippen LogP contribution is 2.56. The number of carbonyl (C=O) groups excluding carboxylic acids is 2. The maximum absolute atomic E-state index is 13.7. The number of hydrogen-bond donors (Lipinski definition) is 0. The topological polar surface area (TPSA) is 139 Å². The Labute approximate surface area is 245 Å². The van der Waals surface area contributed by atoms with Gasteiger partial charge in [-0.15, -0.1) is 0 Å². The predicted molar refractivity (Wildman–Crippen MR) is 150 cm³/mol. The van der Waals surface area contributed by atoms with Crippen molar-refractivity contribution in [3.8, 4) is 11.5 Å². The van der Waals surface area contributed by atoms with E-state index in [4.69, 9.17) is 32.7 Å². The van der Waals surface area contributed by atoms with E-state index in [0.717, 1.165) is 18.2 Å². The molecule has 41 heavy (non-hydrogen) atoms. The molecular formula is C29H26Cl2N2O8. The van der Waals surface area contributed by atoms with E-state index < -0.39 is 27.1 Å². The molecule has 1 heterocycles. The maximum Gasteiger partial charge on any atom is 0.318 e. The molecule has 0 spiro atoms. The van der Waals surface area contributed by atoms with Crippen LogP contribution in [-0.4, -0.2) is 21.4 Å². The Hall–Kier alpha value is -3.76. The molecule has 0 atom stereocenters. The Bertz CT molecular complexity index is 1570. The summed E-state index contributed by atoms with van der Waals surface area (Å²) in [5.74, 6) is -0.790. The molecule has 0 saturated carbocycles. The minimum absolute atomic E-state index is 0.0249. The van der Waals surface area contributed by atoms with Gasteiger partial charge in [0.05, 0.1) is 26.9 Å². The number of Topliss-reactive ketones (excluding diaryl/α,β-unsaturated/α-hetero) is 2. The fraction of sp³-hybridized carbons (Fsp3) is 0.379. The normalized spacial score (nSPS) is 19.9. The summed E-state index contributed by atoms with van der Waals surface area (Å²) in [5.41, 5.74) is -1.04. The van der Waals surface area contributed by atoms with Crippen molar-refractivity contribution in [2.75, 3.05) is 0 Å². The SMILES string of the molecule is CC1(C)CC(=O)C2=C(C1)OC1=C(C(=O)CC(C)(C)C1)C2c1cc(Cl)cc(Cl)c1Oc1ccc([N+](=O)[O-])cc1[N+](=O)[O-]. The van der Waals surface area contributed by atoms with Gasteiger partial charge in [-0.05, 0) is 29.0 Å². The molecule has 12 heteroatoms. The zero-order chi connectivity index (χ0) is 30.0. The molecule has 214 valence electrons. The van der Waals surface area contributed by atoms with Gasteiger partial charge in [0, 0.05) is 53.5 Å². The van der Waals surface area contributed by atoms with Gasteiger partial charge in [0.25, 0.3) is 5.69 Å². The summed E-state index contributed by atoms with van der Waals surface area (Å²) >= 11 is 13.0. The Morgan fingerprint density at radius 3 is 1.93 bits per heavy atom. The lowest BCUT2D eigenvalue weighted by Gasteiger charge is -2.43. The molecule has 0 saturated heterocycles. The van der Waals surface area contributed by atoms with Gasteiger partial charge >= 0.3 is 5.69 Å². The third-order valence-electron chi connectivity index (χ3n) is 7.49. The molecule has 0 N–H and O–H groups in total. The number of carbonyl (C=O) groups is 2. The summed E-state index contributed by atoms with van der Waals surface area (Å²) in [4.78, 5) is 48.9. The summed E-state index contributed by atoms with van der Waals surface area (Å²) in [7, 11) is 0. The first kappa shape index (κ1) is 28.8. The van der Waals surface area contributed by atoms with E-state index >= 15 is 0 Å². The molecule has 2 aliphatic carbocycles. The lowest BCUT2D eigenvalue weighted by Crippen LogP contribution is -2.37. The van der Waals surface area contributed by atoms with E-state index in [1.165, 1.54) is 12.1 Å². The largest absolute Gasteiger partial charge is 0.465 e. The maximum atomic E-state index is 13.7. The summed E-state index contributed by atoms with van der Waals surface area (Å²) in [5, 5.41) is 23.2. The number of benzene rings is 2. The van der Waals surface area contributed by atoms with E-state index in [9.17, 15) is 29.8 Å².